The van der Waals surface area contributed by atoms with Gasteiger partial charge in [0.15, 0.2) is 5.82 Å². The lowest BCUT2D eigenvalue weighted by atomic mass is 9.66. The minimum atomic E-state index is -0.518. The van der Waals surface area contributed by atoms with Crippen molar-refractivity contribution >= 4 is 21.5 Å². The molecule has 0 saturated carbocycles. The van der Waals surface area contributed by atoms with Crippen molar-refractivity contribution in [2.45, 2.75) is 5.41 Å². The van der Waals surface area contributed by atoms with Gasteiger partial charge < -0.3 is 0 Å². The summed E-state index contributed by atoms with van der Waals surface area (Å²) >= 11 is 0. The van der Waals surface area contributed by atoms with Gasteiger partial charge in [-0.25, -0.2) is 9.97 Å². The molecule has 0 aliphatic heterocycles. The van der Waals surface area contributed by atoms with E-state index in [1.807, 2.05) is 6.07 Å². The fourth-order valence-electron chi connectivity index (χ4n) is 9.37. The van der Waals surface area contributed by atoms with Crippen LogP contribution in [0.1, 0.15) is 22.3 Å². The summed E-state index contributed by atoms with van der Waals surface area (Å²) in [7, 11) is 0. The number of hydrogen-bond donors (Lipinski definition) is 0. The van der Waals surface area contributed by atoms with Crippen LogP contribution >= 0.6 is 0 Å². The van der Waals surface area contributed by atoms with Crippen LogP contribution in [0.25, 0.3) is 77.7 Å². The molecule has 0 spiro atoms. The van der Waals surface area contributed by atoms with E-state index >= 15 is 0 Å². The number of fused-ring (bicyclic) bond motifs is 5. The van der Waals surface area contributed by atoms with Crippen molar-refractivity contribution in [2.24, 2.45) is 0 Å². The minimum Gasteiger partial charge on any atom is -0.228 e. The summed E-state index contributed by atoms with van der Waals surface area (Å²) in [5.41, 5.74) is 14.5. The van der Waals surface area contributed by atoms with Crippen LogP contribution in [0.4, 0.5) is 0 Å². The highest BCUT2D eigenvalue weighted by Gasteiger charge is 2.47. The smallest absolute Gasteiger partial charge is 0.161 e. The first-order valence-corrected chi connectivity index (χ1v) is 19.6. The molecule has 2 nitrogen and oxygen atoms in total. The molecule has 0 amide bonds. The molecule has 57 heavy (non-hydrogen) atoms. The van der Waals surface area contributed by atoms with Gasteiger partial charge in [0.05, 0.1) is 16.8 Å². The third-order valence-electron chi connectivity index (χ3n) is 11.8. The van der Waals surface area contributed by atoms with Gasteiger partial charge in [-0.3, -0.25) is 0 Å². The maximum atomic E-state index is 5.38. The number of hydrogen-bond acceptors (Lipinski definition) is 2. The van der Waals surface area contributed by atoms with Gasteiger partial charge in [-0.1, -0.05) is 212 Å². The van der Waals surface area contributed by atoms with E-state index in [0.717, 1.165) is 38.9 Å². The second kappa shape index (κ2) is 13.4. The second-order valence-corrected chi connectivity index (χ2v) is 14.8. The molecule has 0 bridgehead atoms. The monoisotopic (exact) mass is 724 g/mol. The van der Waals surface area contributed by atoms with Gasteiger partial charge in [0.1, 0.15) is 0 Å². The van der Waals surface area contributed by atoms with Gasteiger partial charge >= 0.3 is 0 Å². The zero-order valence-electron chi connectivity index (χ0n) is 31.2. The number of aromatic nitrogens is 2. The molecule has 0 unspecified atom stereocenters. The molecular formula is C55H36N2. The van der Waals surface area contributed by atoms with Crippen molar-refractivity contribution in [1.29, 1.82) is 0 Å². The van der Waals surface area contributed by atoms with Gasteiger partial charge in [0.2, 0.25) is 0 Å². The third-order valence-corrected chi connectivity index (χ3v) is 11.8. The molecule has 11 rings (SSSR count). The molecule has 9 aromatic carbocycles. The highest BCUT2D eigenvalue weighted by molar-refractivity contribution is 6.07. The van der Waals surface area contributed by atoms with Crippen LogP contribution in [0.3, 0.4) is 0 Å². The van der Waals surface area contributed by atoms with Gasteiger partial charge in [-0.15, -0.1) is 0 Å². The Morgan fingerprint density at radius 3 is 1.54 bits per heavy atom. The van der Waals surface area contributed by atoms with E-state index < -0.39 is 5.41 Å². The summed E-state index contributed by atoms with van der Waals surface area (Å²) in [6, 6.07) is 78.8. The molecule has 2 heteroatoms. The van der Waals surface area contributed by atoms with E-state index in [-0.39, 0.29) is 0 Å². The predicted molar refractivity (Wildman–Crippen MR) is 236 cm³/mol. The fraction of sp³-hybridized carbons (Fsp3) is 0.0182. The lowest BCUT2D eigenvalue weighted by Gasteiger charge is -2.35. The van der Waals surface area contributed by atoms with Gasteiger partial charge in [-0.05, 0) is 72.1 Å². The van der Waals surface area contributed by atoms with Crippen LogP contribution in [-0.2, 0) is 5.41 Å². The fourth-order valence-corrected chi connectivity index (χ4v) is 9.37. The molecule has 0 atom stereocenters. The maximum absolute atomic E-state index is 5.38. The Morgan fingerprint density at radius 1 is 0.316 bits per heavy atom. The number of rotatable bonds is 6. The summed E-state index contributed by atoms with van der Waals surface area (Å²) in [4.78, 5) is 10.6. The van der Waals surface area contributed by atoms with E-state index in [2.05, 4.69) is 212 Å². The van der Waals surface area contributed by atoms with Crippen molar-refractivity contribution in [3.8, 4) is 56.2 Å². The summed E-state index contributed by atoms with van der Waals surface area (Å²) in [5, 5.41) is 4.63. The Morgan fingerprint density at radius 2 is 0.807 bits per heavy atom. The highest BCUT2D eigenvalue weighted by atomic mass is 14.9. The second-order valence-electron chi connectivity index (χ2n) is 14.8. The summed E-state index contributed by atoms with van der Waals surface area (Å²) in [6.45, 7) is 0. The van der Waals surface area contributed by atoms with Crippen molar-refractivity contribution in [2.75, 3.05) is 0 Å². The number of nitrogens with zero attached hydrogens (tertiary/aromatic N) is 2. The Bertz CT molecular complexity index is 3070. The summed E-state index contributed by atoms with van der Waals surface area (Å²) in [5.74, 6) is 0.713. The zero-order valence-corrected chi connectivity index (χ0v) is 31.2. The molecule has 1 aliphatic rings. The van der Waals surface area contributed by atoms with Gasteiger partial charge in [0.25, 0.3) is 0 Å². The average molecular weight is 725 g/mol. The van der Waals surface area contributed by atoms with Crippen LogP contribution < -0.4 is 0 Å². The topological polar surface area (TPSA) is 25.8 Å². The van der Waals surface area contributed by atoms with Crippen molar-refractivity contribution in [3.63, 3.8) is 0 Å². The van der Waals surface area contributed by atoms with Gasteiger partial charge in [-0.2, -0.15) is 0 Å². The van der Waals surface area contributed by atoms with Crippen LogP contribution in [-0.4, -0.2) is 9.97 Å². The molecule has 266 valence electrons. The maximum Gasteiger partial charge on any atom is 0.161 e. The molecule has 1 aromatic heterocycles. The molecule has 0 N–H and O–H groups in total. The van der Waals surface area contributed by atoms with Crippen LogP contribution in [0.15, 0.2) is 218 Å². The van der Waals surface area contributed by atoms with Crippen molar-refractivity contribution < 1.29 is 0 Å². The standard InChI is InChI=1S/C55H36N2/c1-4-19-38(20-5-1)51-36-52(57-54(56-51)49-32-16-21-37-18-10-11-26-41(37)49)46-35-34-44(42-27-12-13-28-43(42)46)47-30-17-31-48-45-29-14-15-33-50(45)55(53(47)48,39-22-6-2-7-23-39)40-24-8-3-9-25-40/h1-36H. The zero-order chi connectivity index (χ0) is 37.8. The highest BCUT2D eigenvalue weighted by Crippen LogP contribution is 2.59. The molecule has 0 radical (unpaired) electrons. The first-order valence-electron chi connectivity index (χ1n) is 19.6. The van der Waals surface area contributed by atoms with E-state index in [0.29, 0.717) is 5.82 Å². The Hall–Kier alpha value is -7.42. The third kappa shape index (κ3) is 5.18. The molecule has 10 aromatic rings. The van der Waals surface area contributed by atoms with Crippen LogP contribution in [0.5, 0.6) is 0 Å². The first-order chi connectivity index (χ1) is 28.3. The lowest BCUT2D eigenvalue weighted by Crippen LogP contribution is -2.29. The molecule has 0 fully saturated rings. The molecule has 1 aliphatic carbocycles. The van der Waals surface area contributed by atoms with E-state index in [4.69, 9.17) is 9.97 Å². The Kier molecular flexibility index (Phi) is 7.75. The van der Waals surface area contributed by atoms with Gasteiger partial charge in [0, 0.05) is 16.7 Å². The Balaban J connectivity index is 1.17. The predicted octanol–water partition coefficient (Wildman–Crippen LogP) is 13.8. The summed E-state index contributed by atoms with van der Waals surface area (Å²) in [6.07, 6.45) is 0. The van der Waals surface area contributed by atoms with Crippen LogP contribution in [0, 0.1) is 0 Å². The summed E-state index contributed by atoms with van der Waals surface area (Å²) < 4.78 is 0. The first kappa shape index (κ1) is 33.0. The van der Waals surface area contributed by atoms with E-state index in [1.54, 1.807) is 0 Å². The minimum absolute atomic E-state index is 0.518. The van der Waals surface area contributed by atoms with Crippen molar-refractivity contribution in [3.05, 3.63) is 241 Å². The van der Waals surface area contributed by atoms with E-state index in [9.17, 15) is 0 Å². The lowest BCUT2D eigenvalue weighted by molar-refractivity contribution is 0.770. The molecule has 1 heterocycles. The average Bonchev–Trinajstić information content (AvgIpc) is 3.60. The quantitative estimate of drug-likeness (QED) is 0.171. The Labute approximate surface area is 332 Å². The normalized spacial score (nSPS) is 12.7. The molecule has 0 saturated heterocycles. The van der Waals surface area contributed by atoms with E-state index in [1.165, 1.54) is 55.3 Å². The largest absolute Gasteiger partial charge is 0.228 e. The molecular weight excluding hydrogens is 689 g/mol. The number of benzene rings is 9. The van der Waals surface area contributed by atoms with Crippen molar-refractivity contribution in [1.82, 2.24) is 9.97 Å². The van der Waals surface area contributed by atoms with Crippen LogP contribution in [0.2, 0.25) is 0 Å². The SMILES string of the molecule is c1ccc(-c2cc(-c3ccc(-c4cccc5c4C(c4ccccc4)(c4ccccc4)c4ccccc4-5)c4ccccc34)nc(-c3cccc4ccccc34)n2)cc1.